The summed E-state index contributed by atoms with van der Waals surface area (Å²) in [5.41, 5.74) is 1.95. The van der Waals surface area contributed by atoms with E-state index in [1.165, 1.54) is 5.56 Å². The molecule has 1 aromatic heterocycles. The van der Waals surface area contributed by atoms with Crippen LogP contribution in [-0.4, -0.2) is 41.8 Å². The predicted octanol–water partition coefficient (Wildman–Crippen LogP) is 3.77. The van der Waals surface area contributed by atoms with Crippen LogP contribution in [0.2, 0.25) is 0 Å². The average Bonchev–Trinajstić information content (AvgIpc) is 2.52. The molecule has 0 N–H and O–H groups in total. The van der Waals surface area contributed by atoms with Gasteiger partial charge in [-0.1, -0.05) is 13.0 Å². The highest BCUT2D eigenvalue weighted by molar-refractivity contribution is 5.68. The molecule has 1 aromatic rings. The average molecular weight is 320 g/mol. The van der Waals surface area contributed by atoms with Gasteiger partial charge in [-0.25, -0.2) is 9.78 Å². The van der Waals surface area contributed by atoms with E-state index in [2.05, 4.69) is 18.0 Å². The Morgan fingerprint density at radius 1 is 1.30 bits per heavy atom. The maximum absolute atomic E-state index is 12.1. The van der Waals surface area contributed by atoms with Crippen molar-refractivity contribution < 1.29 is 14.3 Å². The van der Waals surface area contributed by atoms with Crippen LogP contribution in [-0.2, 0) is 11.2 Å². The summed E-state index contributed by atoms with van der Waals surface area (Å²) < 4.78 is 10.7. The number of hydrogen-bond acceptors (Lipinski definition) is 4. The van der Waals surface area contributed by atoms with Crippen molar-refractivity contribution in [3.05, 3.63) is 23.4 Å². The van der Waals surface area contributed by atoms with E-state index in [1.807, 2.05) is 31.7 Å². The molecule has 0 radical (unpaired) electrons. The van der Waals surface area contributed by atoms with Gasteiger partial charge in [-0.3, -0.25) is 0 Å². The van der Waals surface area contributed by atoms with Crippen molar-refractivity contribution in [2.75, 3.05) is 20.2 Å². The molecule has 0 aliphatic carbocycles. The summed E-state index contributed by atoms with van der Waals surface area (Å²) >= 11 is 0. The summed E-state index contributed by atoms with van der Waals surface area (Å²) in [6.45, 7) is 9.27. The molecule has 2 rings (SSSR count). The number of aryl methyl sites for hydroxylation is 1. The molecule has 1 aliphatic rings. The van der Waals surface area contributed by atoms with Crippen LogP contribution in [0.5, 0.6) is 5.88 Å². The van der Waals surface area contributed by atoms with Crippen LogP contribution in [0, 0.1) is 0 Å². The van der Waals surface area contributed by atoms with Crippen LogP contribution < -0.4 is 4.74 Å². The molecule has 1 amide bonds. The first-order chi connectivity index (χ1) is 10.8. The lowest BCUT2D eigenvalue weighted by Gasteiger charge is -2.34. The van der Waals surface area contributed by atoms with Crippen LogP contribution >= 0.6 is 0 Å². The summed E-state index contributed by atoms with van der Waals surface area (Å²) in [4.78, 5) is 18.5. The Labute approximate surface area is 139 Å². The van der Waals surface area contributed by atoms with E-state index < -0.39 is 5.60 Å². The number of ether oxygens (including phenoxy) is 2. The first-order valence-corrected chi connectivity index (χ1v) is 8.35. The van der Waals surface area contributed by atoms with Crippen molar-refractivity contribution in [2.45, 2.75) is 58.5 Å². The summed E-state index contributed by atoms with van der Waals surface area (Å²) in [5.74, 6) is 1.11. The Hall–Kier alpha value is -1.78. The Bertz CT molecular complexity index is 544. The number of methoxy groups -OCH3 is 1. The zero-order valence-corrected chi connectivity index (χ0v) is 14.9. The molecule has 0 saturated carbocycles. The number of aromatic nitrogens is 1. The van der Waals surface area contributed by atoms with E-state index in [-0.39, 0.29) is 6.09 Å². The number of amides is 1. The fourth-order valence-electron chi connectivity index (χ4n) is 2.96. The summed E-state index contributed by atoms with van der Waals surface area (Å²) in [6, 6.07) is 4.05. The molecule has 5 nitrogen and oxygen atoms in total. The molecule has 23 heavy (non-hydrogen) atoms. The first-order valence-electron chi connectivity index (χ1n) is 8.35. The number of carbonyl (C=O) groups is 1. The van der Waals surface area contributed by atoms with Gasteiger partial charge >= 0.3 is 6.09 Å². The predicted molar refractivity (Wildman–Crippen MR) is 89.9 cm³/mol. The number of hydrogen-bond donors (Lipinski definition) is 0. The Morgan fingerprint density at radius 3 is 2.48 bits per heavy atom. The first kappa shape index (κ1) is 17.6. The molecular weight excluding hydrogens is 292 g/mol. The second-order valence-electron chi connectivity index (χ2n) is 6.98. The SMILES string of the molecule is CCc1nc(OC)ccc1C1CCN(C(=O)OC(C)(C)C)CC1. The highest BCUT2D eigenvalue weighted by Gasteiger charge is 2.28. The fourth-order valence-corrected chi connectivity index (χ4v) is 2.96. The van der Waals surface area contributed by atoms with Crippen molar-refractivity contribution in [1.29, 1.82) is 0 Å². The van der Waals surface area contributed by atoms with Gasteiger partial charge in [0.1, 0.15) is 5.60 Å². The van der Waals surface area contributed by atoms with E-state index in [0.29, 0.717) is 11.8 Å². The quantitative estimate of drug-likeness (QED) is 0.851. The Balaban J connectivity index is 2.00. The highest BCUT2D eigenvalue weighted by atomic mass is 16.6. The van der Waals surface area contributed by atoms with Gasteiger partial charge in [0.15, 0.2) is 0 Å². The third-order valence-corrected chi connectivity index (χ3v) is 4.11. The minimum atomic E-state index is -0.441. The number of pyridine rings is 1. The lowest BCUT2D eigenvalue weighted by atomic mass is 9.88. The molecule has 128 valence electrons. The molecule has 1 aliphatic heterocycles. The van der Waals surface area contributed by atoms with Gasteiger partial charge < -0.3 is 14.4 Å². The molecule has 0 aromatic carbocycles. The minimum Gasteiger partial charge on any atom is -0.481 e. The Morgan fingerprint density at radius 2 is 1.96 bits per heavy atom. The molecular formula is C18H28N2O3. The van der Waals surface area contributed by atoms with Crippen molar-refractivity contribution in [1.82, 2.24) is 9.88 Å². The van der Waals surface area contributed by atoms with Gasteiger partial charge in [0, 0.05) is 24.8 Å². The van der Waals surface area contributed by atoms with E-state index in [9.17, 15) is 4.79 Å². The molecule has 0 atom stereocenters. The zero-order chi connectivity index (χ0) is 17.0. The molecule has 5 heteroatoms. The maximum Gasteiger partial charge on any atom is 0.410 e. The number of carbonyl (C=O) groups excluding carboxylic acids is 1. The lowest BCUT2D eigenvalue weighted by Crippen LogP contribution is -2.41. The molecule has 0 spiro atoms. The van der Waals surface area contributed by atoms with Crippen molar-refractivity contribution >= 4 is 6.09 Å². The number of nitrogens with zero attached hydrogens (tertiary/aromatic N) is 2. The van der Waals surface area contributed by atoms with Crippen molar-refractivity contribution in [2.24, 2.45) is 0 Å². The monoisotopic (exact) mass is 320 g/mol. The van der Waals surface area contributed by atoms with Crippen LogP contribution in [0.1, 0.15) is 57.7 Å². The topological polar surface area (TPSA) is 51.7 Å². The highest BCUT2D eigenvalue weighted by Crippen LogP contribution is 2.31. The summed E-state index contributed by atoms with van der Waals surface area (Å²) in [6.07, 6.45) is 2.57. The maximum atomic E-state index is 12.1. The third-order valence-electron chi connectivity index (χ3n) is 4.11. The van der Waals surface area contributed by atoms with Crippen LogP contribution in [0.15, 0.2) is 12.1 Å². The van der Waals surface area contributed by atoms with E-state index in [1.54, 1.807) is 7.11 Å². The van der Waals surface area contributed by atoms with Crippen LogP contribution in [0.25, 0.3) is 0 Å². The van der Waals surface area contributed by atoms with Crippen LogP contribution in [0.3, 0.4) is 0 Å². The van der Waals surface area contributed by atoms with Crippen molar-refractivity contribution in [3.63, 3.8) is 0 Å². The van der Waals surface area contributed by atoms with Crippen molar-refractivity contribution in [3.8, 4) is 5.88 Å². The summed E-state index contributed by atoms with van der Waals surface area (Å²) in [5, 5.41) is 0. The number of piperidine rings is 1. The third kappa shape index (κ3) is 4.60. The van der Waals surface area contributed by atoms with Gasteiger partial charge in [-0.15, -0.1) is 0 Å². The molecule has 2 heterocycles. The zero-order valence-electron chi connectivity index (χ0n) is 14.9. The molecule has 1 fully saturated rings. The normalized spacial score (nSPS) is 16.3. The van der Waals surface area contributed by atoms with Gasteiger partial charge in [0.25, 0.3) is 0 Å². The largest absolute Gasteiger partial charge is 0.481 e. The molecule has 1 saturated heterocycles. The van der Waals surface area contributed by atoms with E-state index >= 15 is 0 Å². The second kappa shape index (κ2) is 7.20. The smallest absolute Gasteiger partial charge is 0.410 e. The summed E-state index contributed by atoms with van der Waals surface area (Å²) in [7, 11) is 1.64. The van der Waals surface area contributed by atoms with Crippen LogP contribution in [0.4, 0.5) is 4.79 Å². The molecule has 0 unspecified atom stereocenters. The second-order valence-corrected chi connectivity index (χ2v) is 6.98. The van der Waals surface area contributed by atoms with Gasteiger partial charge in [-0.2, -0.15) is 0 Å². The Kier molecular flexibility index (Phi) is 5.50. The fraction of sp³-hybridized carbons (Fsp3) is 0.667. The van der Waals surface area contributed by atoms with E-state index in [4.69, 9.17) is 9.47 Å². The van der Waals surface area contributed by atoms with E-state index in [0.717, 1.165) is 38.0 Å². The van der Waals surface area contributed by atoms with Gasteiger partial charge in [0.2, 0.25) is 5.88 Å². The number of likely N-dealkylation sites (tertiary alicyclic amines) is 1. The standard InChI is InChI=1S/C18H28N2O3/c1-6-15-14(7-8-16(19-15)22-5)13-9-11-20(12-10-13)17(21)23-18(2,3)4/h7-8,13H,6,9-12H2,1-5H3. The van der Waals surface area contributed by atoms with Gasteiger partial charge in [-0.05, 0) is 51.5 Å². The lowest BCUT2D eigenvalue weighted by molar-refractivity contribution is 0.0204. The minimum absolute atomic E-state index is 0.209. The number of rotatable bonds is 3. The van der Waals surface area contributed by atoms with Gasteiger partial charge in [0.05, 0.1) is 7.11 Å². The molecule has 0 bridgehead atoms.